The lowest BCUT2D eigenvalue weighted by Crippen LogP contribution is -2.08. The maximum Gasteiger partial charge on any atom is 0.154 e. The molecule has 1 aromatic heterocycles. The van der Waals surface area contributed by atoms with Gasteiger partial charge in [0.2, 0.25) is 0 Å². The SMILES string of the molecule is CCCC(N)c1cc(-c2ccc(C)cc2C)no1. The molecular weight excluding hydrogens is 224 g/mol. The molecule has 0 amide bonds. The quantitative estimate of drug-likeness (QED) is 0.891. The Hall–Kier alpha value is -1.61. The molecule has 18 heavy (non-hydrogen) atoms. The minimum absolute atomic E-state index is 0.0537. The van der Waals surface area contributed by atoms with Crippen LogP contribution in [0.4, 0.5) is 0 Å². The van der Waals surface area contributed by atoms with Gasteiger partial charge in [0, 0.05) is 11.6 Å². The average Bonchev–Trinajstić information content (AvgIpc) is 2.78. The van der Waals surface area contributed by atoms with Gasteiger partial charge in [0.15, 0.2) is 5.76 Å². The molecule has 0 radical (unpaired) electrons. The highest BCUT2D eigenvalue weighted by Gasteiger charge is 2.13. The van der Waals surface area contributed by atoms with Crippen LogP contribution in [-0.2, 0) is 0 Å². The van der Waals surface area contributed by atoms with Crippen LogP contribution in [-0.4, -0.2) is 5.16 Å². The van der Waals surface area contributed by atoms with Crippen LogP contribution in [0, 0.1) is 13.8 Å². The molecule has 96 valence electrons. The molecule has 0 aliphatic heterocycles. The Morgan fingerprint density at radius 1 is 1.28 bits per heavy atom. The van der Waals surface area contributed by atoms with Gasteiger partial charge in [0.25, 0.3) is 0 Å². The normalized spacial score (nSPS) is 12.7. The lowest BCUT2D eigenvalue weighted by molar-refractivity contribution is 0.356. The molecule has 1 aromatic carbocycles. The highest BCUT2D eigenvalue weighted by atomic mass is 16.5. The van der Waals surface area contributed by atoms with Crippen LogP contribution in [0.1, 0.15) is 42.7 Å². The summed E-state index contributed by atoms with van der Waals surface area (Å²) in [7, 11) is 0. The zero-order valence-electron chi connectivity index (χ0n) is 11.2. The molecule has 1 atom stereocenters. The Morgan fingerprint density at radius 3 is 2.72 bits per heavy atom. The number of rotatable bonds is 4. The maximum absolute atomic E-state index is 6.03. The number of aromatic nitrogens is 1. The fourth-order valence-corrected chi connectivity index (χ4v) is 2.15. The van der Waals surface area contributed by atoms with E-state index in [0.717, 1.165) is 29.9 Å². The fraction of sp³-hybridized carbons (Fsp3) is 0.400. The largest absolute Gasteiger partial charge is 0.359 e. The van der Waals surface area contributed by atoms with Crippen molar-refractivity contribution in [2.45, 2.75) is 39.7 Å². The third-order valence-electron chi connectivity index (χ3n) is 3.15. The second kappa shape index (κ2) is 5.36. The Bertz CT molecular complexity index is 531. The van der Waals surface area contributed by atoms with E-state index in [4.69, 9.17) is 10.3 Å². The van der Waals surface area contributed by atoms with Gasteiger partial charge in [0.1, 0.15) is 5.69 Å². The Balaban J connectivity index is 2.29. The molecule has 3 heteroatoms. The molecule has 2 N–H and O–H groups in total. The smallest absolute Gasteiger partial charge is 0.154 e. The van der Waals surface area contributed by atoms with E-state index in [1.54, 1.807) is 0 Å². The van der Waals surface area contributed by atoms with Crippen LogP contribution in [0.2, 0.25) is 0 Å². The van der Waals surface area contributed by atoms with Gasteiger partial charge in [0.05, 0.1) is 6.04 Å². The zero-order valence-corrected chi connectivity index (χ0v) is 11.2. The van der Waals surface area contributed by atoms with Gasteiger partial charge >= 0.3 is 0 Å². The van der Waals surface area contributed by atoms with Crippen LogP contribution in [0.3, 0.4) is 0 Å². The van der Waals surface area contributed by atoms with E-state index in [0.29, 0.717) is 0 Å². The average molecular weight is 244 g/mol. The number of hydrogen-bond acceptors (Lipinski definition) is 3. The third-order valence-corrected chi connectivity index (χ3v) is 3.15. The fourth-order valence-electron chi connectivity index (χ4n) is 2.15. The maximum atomic E-state index is 6.03. The van der Waals surface area contributed by atoms with Gasteiger partial charge in [-0.05, 0) is 25.8 Å². The number of nitrogens with zero attached hydrogens (tertiary/aromatic N) is 1. The van der Waals surface area contributed by atoms with Crippen molar-refractivity contribution in [3.05, 3.63) is 41.2 Å². The molecule has 0 saturated heterocycles. The van der Waals surface area contributed by atoms with Gasteiger partial charge in [-0.2, -0.15) is 0 Å². The molecule has 1 heterocycles. The van der Waals surface area contributed by atoms with Crippen molar-refractivity contribution in [3.63, 3.8) is 0 Å². The topological polar surface area (TPSA) is 52.0 Å². The molecule has 0 fully saturated rings. The first-order valence-corrected chi connectivity index (χ1v) is 6.41. The van der Waals surface area contributed by atoms with E-state index in [1.807, 2.05) is 6.07 Å². The minimum Gasteiger partial charge on any atom is -0.359 e. The van der Waals surface area contributed by atoms with E-state index in [-0.39, 0.29) is 6.04 Å². The molecular formula is C15H20N2O. The van der Waals surface area contributed by atoms with E-state index >= 15 is 0 Å². The molecule has 0 spiro atoms. The van der Waals surface area contributed by atoms with Crippen molar-refractivity contribution in [1.29, 1.82) is 0 Å². The predicted molar refractivity (Wildman–Crippen MR) is 73.2 cm³/mol. The first kappa shape index (κ1) is 12.8. The molecule has 0 aliphatic carbocycles. The van der Waals surface area contributed by atoms with E-state index in [1.165, 1.54) is 11.1 Å². The first-order chi connectivity index (χ1) is 8.61. The van der Waals surface area contributed by atoms with Crippen LogP contribution in [0.15, 0.2) is 28.8 Å². The zero-order chi connectivity index (χ0) is 13.1. The van der Waals surface area contributed by atoms with Crippen molar-refractivity contribution in [2.24, 2.45) is 5.73 Å². The van der Waals surface area contributed by atoms with Gasteiger partial charge in [-0.15, -0.1) is 0 Å². The third kappa shape index (κ3) is 2.62. The minimum atomic E-state index is -0.0537. The van der Waals surface area contributed by atoms with Crippen LogP contribution >= 0.6 is 0 Å². The Morgan fingerprint density at radius 2 is 2.06 bits per heavy atom. The monoisotopic (exact) mass is 244 g/mol. The molecule has 2 rings (SSSR count). The second-order valence-electron chi connectivity index (χ2n) is 4.83. The number of nitrogens with two attached hydrogens (primary N) is 1. The molecule has 1 unspecified atom stereocenters. The van der Waals surface area contributed by atoms with Gasteiger partial charge in [-0.3, -0.25) is 0 Å². The summed E-state index contributed by atoms with van der Waals surface area (Å²) in [5.41, 5.74) is 10.5. The van der Waals surface area contributed by atoms with Crippen molar-refractivity contribution in [3.8, 4) is 11.3 Å². The van der Waals surface area contributed by atoms with Crippen LogP contribution in [0.25, 0.3) is 11.3 Å². The second-order valence-corrected chi connectivity index (χ2v) is 4.83. The lowest BCUT2D eigenvalue weighted by Gasteiger charge is -2.04. The van der Waals surface area contributed by atoms with Crippen LogP contribution in [0.5, 0.6) is 0 Å². The first-order valence-electron chi connectivity index (χ1n) is 6.41. The van der Waals surface area contributed by atoms with Crippen molar-refractivity contribution in [1.82, 2.24) is 5.16 Å². The summed E-state index contributed by atoms with van der Waals surface area (Å²) in [6, 6.07) is 8.22. The standard InChI is InChI=1S/C15H20N2O/c1-4-5-13(16)15-9-14(17-18-15)12-7-6-10(2)8-11(12)3/h6-9,13H,4-5,16H2,1-3H3. The summed E-state index contributed by atoms with van der Waals surface area (Å²) in [6.45, 7) is 6.28. The van der Waals surface area contributed by atoms with Crippen LogP contribution < -0.4 is 5.73 Å². The summed E-state index contributed by atoms with van der Waals surface area (Å²) >= 11 is 0. The number of aryl methyl sites for hydroxylation is 2. The van der Waals surface area contributed by atoms with Crippen molar-refractivity contribution >= 4 is 0 Å². The lowest BCUT2D eigenvalue weighted by atomic mass is 10.0. The van der Waals surface area contributed by atoms with Gasteiger partial charge in [-0.25, -0.2) is 0 Å². The van der Waals surface area contributed by atoms with E-state index in [9.17, 15) is 0 Å². The Labute approximate surface area is 108 Å². The summed E-state index contributed by atoms with van der Waals surface area (Å²) in [5, 5.41) is 4.13. The summed E-state index contributed by atoms with van der Waals surface area (Å²) in [4.78, 5) is 0. The molecule has 0 saturated carbocycles. The number of hydrogen-bond donors (Lipinski definition) is 1. The molecule has 3 nitrogen and oxygen atoms in total. The summed E-state index contributed by atoms with van der Waals surface area (Å²) in [5.74, 6) is 0.770. The van der Waals surface area contributed by atoms with Crippen molar-refractivity contribution < 1.29 is 4.52 Å². The molecule has 2 aromatic rings. The van der Waals surface area contributed by atoms with E-state index in [2.05, 4.69) is 44.1 Å². The van der Waals surface area contributed by atoms with Crippen molar-refractivity contribution in [2.75, 3.05) is 0 Å². The predicted octanol–water partition coefficient (Wildman–Crippen LogP) is 3.76. The molecule has 0 bridgehead atoms. The highest BCUT2D eigenvalue weighted by molar-refractivity contribution is 5.63. The van der Waals surface area contributed by atoms with Gasteiger partial charge < -0.3 is 10.3 Å². The van der Waals surface area contributed by atoms with Gasteiger partial charge in [-0.1, -0.05) is 42.3 Å². The summed E-state index contributed by atoms with van der Waals surface area (Å²) < 4.78 is 5.34. The molecule has 0 aliphatic rings. The van der Waals surface area contributed by atoms with E-state index < -0.39 is 0 Å². The Kier molecular flexibility index (Phi) is 3.82. The number of benzene rings is 1. The highest BCUT2D eigenvalue weighted by Crippen LogP contribution is 2.26. The summed E-state index contributed by atoms with van der Waals surface area (Å²) in [6.07, 6.45) is 1.96.